The molecule has 1 aromatic heterocycles. The smallest absolute Gasteiger partial charge is 0.224 e. The minimum atomic E-state index is -0.320. The van der Waals surface area contributed by atoms with E-state index in [0.717, 1.165) is 15.2 Å². The number of hydrogen-bond donors (Lipinski definition) is 1. The van der Waals surface area contributed by atoms with Gasteiger partial charge in [0.2, 0.25) is 5.91 Å². The topological polar surface area (TPSA) is 42.0 Å². The quantitative estimate of drug-likeness (QED) is 0.785. The SMILES string of the molecule is O=C(Cc1cccc(F)c1)NCCc1nc2ccccc2s1. The van der Waals surface area contributed by atoms with Crippen LogP contribution >= 0.6 is 11.3 Å². The highest BCUT2D eigenvalue weighted by Gasteiger charge is 2.06. The predicted molar refractivity (Wildman–Crippen MR) is 86.4 cm³/mol. The highest BCUT2D eigenvalue weighted by atomic mass is 32.1. The van der Waals surface area contributed by atoms with Gasteiger partial charge in [0.25, 0.3) is 0 Å². The zero-order valence-electron chi connectivity index (χ0n) is 11.9. The van der Waals surface area contributed by atoms with Crippen LogP contribution in [0.2, 0.25) is 0 Å². The van der Waals surface area contributed by atoms with E-state index in [4.69, 9.17) is 0 Å². The molecule has 3 aromatic rings. The second-order valence-corrected chi connectivity index (χ2v) is 6.10. The van der Waals surface area contributed by atoms with E-state index in [-0.39, 0.29) is 18.1 Å². The fraction of sp³-hybridized carbons (Fsp3) is 0.176. The molecule has 0 bridgehead atoms. The first-order valence-corrected chi connectivity index (χ1v) is 7.88. The third kappa shape index (κ3) is 3.68. The summed E-state index contributed by atoms with van der Waals surface area (Å²) >= 11 is 1.64. The summed E-state index contributed by atoms with van der Waals surface area (Å²) in [6, 6.07) is 14.1. The normalized spacial score (nSPS) is 10.8. The van der Waals surface area contributed by atoms with Crippen LogP contribution in [0.1, 0.15) is 10.6 Å². The van der Waals surface area contributed by atoms with Crippen LogP contribution in [0.4, 0.5) is 4.39 Å². The summed E-state index contributed by atoms with van der Waals surface area (Å²) in [6.45, 7) is 0.536. The first-order chi connectivity index (χ1) is 10.7. The number of carbonyl (C=O) groups is 1. The molecule has 0 aliphatic heterocycles. The summed E-state index contributed by atoms with van der Waals surface area (Å²) in [5.41, 5.74) is 1.67. The minimum Gasteiger partial charge on any atom is -0.355 e. The molecule has 5 heteroatoms. The summed E-state index contributed by atoms with van der Waals surface area (Å²) in [6.07, 6.45) is 0.895. The number of benzene rings is 2. The van der Waals surface area contributed by atoms with E-state index in [0.29, 0.717) is 18.5 Å². The lowest BCUT2D eigenvalue weighted by atomic mass is 10.1. The number of thiazole rings is 1. The lowest BCUT2D eigenvalue weighted by Crippen LogP contribution is -2.27. The molecule has 0 unspecified atom stereocenters. The lowest BCUT2D eigenvalue weighted by molar-refractivity contribution is -0.120. The van der Waals surface area contributed by atoms with Crippen molar-refractivity contribution in [1.82, 2.24) is 10.3 Å². The van der Waals surface area contributed by atoms with Crippen molar-refractivity contribution in [2.24, 2.45) is 0 Å². The molecule has 22 heavy (non-hydrogen) atoms. The molecule has 1 heterocycles. The molecule has 3 rings (SSSR count). The van der Waals surface area contributed by atoms with Gasteiger partial charge in [0, 0.05) is 13.0 Å². The Morgan fingerprint density at radius 1 is 1.18 bits per heavy atom. The number of para-hydroxylation sites is 1. The molecule has 0 radical (unpaired) electrons. The zero-order chi connectivity index (χ0) is 15.4. The molecule has 0 saturated carbocycles. The van der Waals surface area contributed by atoms with Crippen molar-refractivity contribution in [3.05, 3.63) is 64.9 Å². The van der Waals surface area contributed by atoms with Gasteiger partial charge < -0.3 is 5.32 Å². The van der Waals surface area contributed by atoms with Crippen molar-refractivity contribution in [3.63, 3.8) is 0 Å². The number of rotatable bonds is 5. The van der Waals surface area contributed by atoms with Crippen LogP contribution in [0.5, 0.6) is 0 Å². The van der Waals surface area contributed by atoms with Crippen molar-refractivity contribution in [2.45, 2.75) is 12.8 Å². The Morgan fingerprint density at radius 2 is 2.05 bits per heavy atom. The van der Waals surface area contributed by atoms with Crippen molar-refractivity contribution >= 4 is 27.5 Å². The molecule has 3 nitrogen and oxygen atoms in total. The van der Waals surface area contributed by atoms with Gasteiger partial charge in [0.05, 0.1) is 21.6 Å². The standard InChI is InChI=1S/C17H15FN2OS/c18-13-5-3-4-12(10-13)11-16(21)19-9-8-17-20-14-6-1-2-7-15(14)22-17/h1-7,10H,8-9,11H2,(H,19,21). The van der Waals surface area contributed by atoms with Gasteiger partial charge >= 0.3 is 0 Å². The third-order valence-electron chi connectivity index (χ3n) is 3.25. The highest BCUT2D eigenvalue weighted by molar-refractivity contribution is 7.18. The van der Waals surface area contributed by atoms with E-state index in [9.17, 15) is 9.18 Å². The molecular weight excluding hydrogens is 299 g/mol. The van der Waals surface area contributed by atoms with Gasteiger partial charge in [-0.25, -0.2) is 9.37 Å². The second-order valence-electron chi connectivity index (χ2n) is 4.98. The van der Waals surface area contributed by atoms with Crippen LogP contribution in [-0.2, 0) is 17.6 Å². The van der Waals surface area contributed by atoms with Gasteiger partial charge in [0.15, 0.2) is 0 Å². The number of aromatic nitrogens is 1. The first-order valence-electron chi connectivity index (χ1n) is 7.06. The lowest BCUT2D eigenvalue weighted by Gasteiger charge is -2.04. The number of carbonyl (C=O) groups excluding carboxylic acids is 1. The van der Waals surface area contributed by atoms with Crippen molar-refractivity contribution < 1.29 is 9.18 Å². The number of hydrogen-bond acceptors (Lipinski definition) is 3. The van der Waals surface area contributed by atoms with Crippen LogP contribution < -0.4 is 5.32 Å². The van der Waals surface area contributed by atoms with Crippen LogP contribution in [0.3, 0.4) is 0 Å². The average Bonchev–Trinajstić information content (AvgIpc) is 2.90. The van der Waals surface area contributed by atoms with Gasteiger partial charge in [-0.15, -0.1) is 11.3 Å². The molecule has 0 aliphatic rings. The Labute approximate surface area is 131 Å². The van der Waals surface area contributed by atoms with Crippen LogP contribution in [0.25, 0.3) is 10.2 Å². The van der Waals surface area contributed by atoms with Gasteiger partial charge in [-0.1, -0.05) is 24.3 Å². The fourth-order valence-electron chi connectivity index (χ4n) is 2.23. The molecular formula is C17H15FN2OS. The Kier molecular flexibility index (Phi) is 4.44. The number of amides is 1. The van der Waals surface area contributed by atoms with Crippen LogP contribution in [-0.4, -0.2) is 17.4 Å². The van der Waals surface area contributed by atoms with Crippen molar-refractivity contribution in [3.8, 4) is 0 Å². The fourth-order valence-corrected chi connectivity index (χ4v) is 3.20. The summed E-state index contributed by atoms with van der Waals surface area (Å²) < 4.78 is 14.2. The maximum absolute atomic E-state index is 13.1. The van der Waals surface area contributed by atoms with Gasteiger partial charge in [-0.2, -0.15) is 0 Å². The Hall–Kier alpha value is -2.27. The number of nitrogens with one attached hydrogen (secondary N) is 1. The summed E-state index contributed by atoms with van der Waals surface area (Å²) in [7, 11) is 0. The molecule has 0 aliphatic carbocycles. The monoisotopic (exact) mass is 314 g/mol. The van der Waals surface area contributed by atoms with E-state index in [1.165, 1.54) is 12.1 Å². The average molecular weight is 314 g/mol. The minimum absolute atomic E-state index is 0.105. The van der Waals surface area contributed by atoms with E-state index >= 15 is 0 Å². The first kappa shape index (κ1) is 14.7. The van der Waals surface area contributed by atoms with Gasteiger partial charge in [-0.3, -0.25) is 4.79 Å². The Morgan fingerprint density at radius 3 is 2.86 bits per heavy atom. The molecule has 1 N–H and O–H groups in total. The Balaban J connectivity index is 1.51. The molecule has 112 valence electrons. The highest BCUT2D eigenvalue weighted by Crippen LogP contribution is 2.21. The van der Waals surface area contributed by atoms with Gasteiger partial charge in [-0.05, 0) is 29.8 Å². The largest absolute Gasteiger partial charge is 0.355 e. The number of halogens is 1. The van der Waals surface area contributed by atoms with Crippen LogP contribution in [0, 0.1) is 5.82 Å². The molecule has 0 fully saturated rings. The maximum atomic E-state index is 13.1. The van der Waals surface area contributed by atoms with E-state index in [2.05, 4.69) is 10.3 Å². The maximum Gasteiger partial charge on any atom is 0.224 e. The zero-order valence-corrected chi connectivity index (χ0v) is 12.7. The Bertz CT molecular complexity index is 767. The third-order valence-corrected chi connectivity index (χ3v) is 4.35. The number of fused-ring (bicyclic) bond motifs is 1. The summed E-state index contributed by atoms with van der Waals surface area (Å²) in [5.74, 6) is -0.425. The molecule has 0 spiro atoms. The van der Waals surface area contributed by atoms with Crippen molar-refractivity contribution in [1.29, 1.82) is 0 Å². The molecule has 2 aromatic carbocycles. The summed E-state index contributed by atoms with van der Waals surface area (Å²) in [4.78, 5) is 16.4. The molecule has 1 amide bonds. The predicted octanol–water partition coefficient (Wildman–Crippen LogP) is 3.34. The van der Waals surface area contributed by atoms with Gasteiger partial charge in [0.1, 0.15) is 5.82 Å². The van der Waals surface area contributed by atoms with Crippen molar-refractivity contribution in [2.75, 3.05) is 6.54 Å². The number of nitrogens with zero attached hydrogens (tertiary/aromatic N) is 1. The van der Waals surface area contributed by atoms with E-state index < -0.39 is 0 Å². The van der Waals surface area contributed by atoms with E-state index in [1.807, 2.05) is 24.3 Å². The summed E-state index contributed by atoms with van der Waals surface area (Å²) in [5, 5.41) is 3.86. The van der Waals surface area contributed by atoms with Crippen LogP contribution in [0.15, 0.2) is 48.5 Å². The second kappa shape index (κ2) is 6.66. The molecule has 0 atom stereocenters. The molecule has 0 saturated heterocycles. The van der Waals surface area contributed by atoms with E-state index in [1.54, 1.807) is 23.5 Å².